The molecule has 2 heterocycles. The zero-order valence-corrected chi connectivity index (χ0v) is 19.2. The number of fused-ring (bicyclic) bond motifs is 1. The number of hydrogen-bond donors (Lipinski definition) is 3. The Bertz CT molecular complexity index is 708. The predicted molar refractivity (Wildman–Crippen MR) is 115 cm³/mol. The van der Waals surface area contributed by atoms with Crippen molar-refractivity contribution in [1.29, 1.82) is 0 Å². The summed E-state index contributed by atoms with van der Waals surface area (Å²) in [7, 11) is -1.51. The fourth-order valence-corrected chi connectivity index (χ4v) is 3.22. The topological polar surface area (TPSA) is 123 Å². The van der Waals surface area contributed by atoms with E-state index in [0.29, 0.717) is 31.9 Å². The summed E-state index contributed by atoms with van der Waals surface area (Å²) >= 11 is 0. The molecule has 1 aromatic rings. The predicted octanol–water partition coefficient (Wildman–Crippen LogP) is -0.148. The highest BCUT2D eigenvalue weighted by molar-refractivity contribution is 14.0. The van der Waals surface area contributed by atoms with Gasteiger partial charge in [0.15, 0.2) is 11.8 Å². The summed E-state index contributed by atoms with van der Waals surface area (Å²) in [6.45, 7) is 4.84. The maximum Gasteiger partial charge on any atom is 0.208 e. The number of guanidine groups is 1. The van der Waals surface area contributed by atoms with Crippen LogP contribution in [0.5, 0.6) is 0 Å². The third kappa shape index (κ3) is 8.70. The summed E-state index contributed by atoms with van der Waals surface area (Å²) in [5, 5.41) is 11.1. The molecule has 0 bridgehead atoms. The lowest BCUT2D eigenvalue weighted by atomic mass is 10.1. The summed E-state index contributed by atoms with van der Waals surface area (Å²) in [5.41, 5.74) is 0. The third-order valence-electron chi connectivity index (χ3n) is 3.83. The second-order valence-electron chi connectivity index (χ2n) is 6.22. The highest BCUT2D eigenvalue weighted by Crippen LogP contribution is 2.13. The molecule has 0 aromatic carbocycles. The summed E-state index contributed by atoms with van der Waals surface area (Å²) in [4.78, 5) is 8.99. The molecule has 12 heteroatoms. The van der Waals surface area contributed by atoms with E-state index >= 15 is 0 Å². The molecule has 10 nitrogen and oxygen atoms in total. The van der Waals surface area contributed by atoms with E-state index in [2.05, 4.69) is 30.4 Å². The number of aryl methyl sites for hydroxylation is 1. The summed E-state index contributed by atoms with van der Waals surface area (Å²) in [5.74, 6) is 2.43. The van der Waals surface area contributed by atoms with Gasteiger partial charge in [0.05, 0.1) is 12.8 Å². The van der Waals surface area contributed by atoms with Crippen molar-refractivity contribution in [3.05, 3.63) is 11.6 Å². The molecule has 2 rings (SSSR count). The molecule has 0 fully saturated rings. The second-order valence-corrected chi connectivity index (χ2v) is 8.05. The van der Waals surface area contributed by atoms with Crippen LogP contribution in [0.4, 0.5) is 0 Å². The number of nitrogens with one attached hydrogen (secondary N) is 3. The molecule has 0 aliphatic carbocycles. The van der Waals surface area contributed by atoms with Gasteiger partial charge in [-0.15, -0.1) is 24.0 Å². The standard InChI is InChI=1S/C15H29N7O3S.HI/c1-4-16-15(17-8-5-9-18-26(3,23)24)19-12-6-7-14-20-13(11-25-2)21-22(14)10-12;/h12,18H,4-11H2,1-3H3,(H2,16,17,19);1H. The first-order chi connectivity index (χ1) is 12.4. The quantitative estimate of drug-likeness (QED) is 0.181. The van der Waals surface area contributed by atoms with Gasteiger partial charge in [0.2, 0.25) is 10.0 Å². The van der Waals surface area contributed by atoms with E-state index in [4.69, 9.17) is 4.74 Å². The van der Waals surface area contributed by atoms with Crippen LogP contribution < -0.4 is 15.4 Å². The largest absolute Gasteiger partial charge is 0.377 e. The Labute approximate surface area is 178 Å². The number of nitrogens with zero attached hydrogens (tertiary/aromatic N) is 4. The zero-order chi connectivity index (χ0) is 19.0. The molecule has 0 amide bonds. The van der Waals surface area contributed by atoms with Gasteiger partial charge in [0, 0.05) is 39.2 Å². The summed E-state index contributed by atoms with van der Waals surface area (Å²) < 4.78 is 31.6. The van der Waals surface area contributed by atoms with Crippen molar-refractivity contribution >= 4 is 40.0 Å². The highest BCUT2D eigenvalue weighted by Gasteiger charge is 2.22. The smallest absolute Gasteiger partial charge is 0.208 e. The van der Waals surface area contributed by atoms with Gasteiger partial charge < -0.3 is 15.4 Å². The van der Waals surface area contributed by atoms with Crippen LogP contribution in [0.1, 0.15) is 31.4 Å². The molecular weight excluding hydrogens is 485 g/mol. The van der Waals surface area contributed by atoms with Crippen molar-refractivity contribution in [3.8, 4) is 0 Å². The monoisotopic (exact) mass is 515 g/mol. The average molecular weight is 515 g/mol. The van der Waals surface area contributed by atoms with Crippen molar-refractivity contribution in [2.24, 2.45) is 4.99 Å². The van der Waals surface area contributed by atoms with E-state index in [9.17, 15) is 8.42 Å². The maximum absolute atomic E-state index is 11.0. The number of methoxy groups -OCH3 is 1. The van der Waals surface area contributed by atoms with Crippen LogP contribution in [-0.4, -0.2) is 68.2 Å². The van der Waals surface area contributed by atoms with E-state index < -0.39 is 10.0 Å². The molecule has 0 spiro atoms. The van der Waals surface area contributed by atoms with E-state index in [1.54, 1.807) is 7.11 Å². The van der Waals surface area contributed by atoms with Crippen LogP contribution >= 0.6 is 24.0 Å². The number of halogens is 1. The lowest BCUT2D eigenvalue weighted by Crippen LogP contribution is -2.47. The average Bonchev–Trinajstić information content (AvgIpc) is 2.95. The highest BCUT2D eigenvalue weighted by atomic mass is 127. The number of aromatic nitrogens is 3. The molecule has 3 N–H and O–H groups in total. The van der Waals surface area contributed by atoms with Crippen LogP contribution in [-0.2, 0) is 34.3 Å². The molecule has 156 valence electrons. The number of ether oxygens (including phenoxy) is 1. The molecule has 1 aliphatic heterocycles. The number of aliphatic imine (C=N–C) groups is 1. The minimum absolute atomic E-state index is 0. The van der Waals surface area contributed by atoms with Gasteiger partial charge >= 0.3 is 0 Å². The zero-order valence-electron chi connectivity index (χ0n) is 16.1. The molecule has 0 saturated carbocycles. The van der Waals surface area contributed by atoms with Crippen molar-refractivity contribution < 1.29 is 13.2 Å². The SMILES string of the molecule is CCNC(=NCCCNS(C)(=O)=O)NC1CCc2nc(COC)nn2C1.I. The minimum Gasteiger partial charge on any atom is -0.377 e. The van der Waals surface area contributed by atoms with E-state index in [1.807, 2.05) is 11.6 Å². The first-order valence-corrected chi connectivity index (χ1v) is 10.7. The molecule has 0 saturated heterocycles. The Kier molecular flexibility index (Phi) is 10.5. The molecule has 1 unspecified atom stereocenters. The Morgan fingerprint density at radius 1 is 1.44 bits per heavy atom. The fraction of sp³-hybridized carbons (Fsp3) is 0.800. The Morgan fingerprint density at radius 2 is 2.22 bits per heavy atom. The van der Waals surface area contributed by atoms with Gasteiger partial charge in [-0.05, 0) is 19.8 Å². The van der Waals surface area contributed by atoms with Gasteiger partial charge in [-0.3, -0.25) is 4.99 Å². The third-order valence-corrected chi connectivity index (χ3v) is 4.56. The van der Waals surface area contributed by atoms with Crippen molar-refractivity contribution in [1.82, 2.24) is 30.1 Å². The van der Waals surface area contributed by atoms with Gasteiger partial charge in [-0.1, -0.05) is 0 Å². The van der Waals surface area contributed by atoms with E-state index in [1.165, 1.54) is 0 Å². The normalized spacial score (nSPS) is 17.1. The second kappa shape index (κ2) is 11.8. The van der Waals surface area contributed by atoms with Crippen molar-refractivity contribution in [3.63, 3.8) is 0 Å². The van der Waals surface area contributed by atoms with Crippen molar-refractivity contribution in [2.45, 2.75) is 45.4 Å². The Balaban J connectivity index is 0.00000364. The molecule has 1 aromatic heterocycles. The number of sulfonamides is 1. The number of rotatable bonds is 9. The Morgan fingerprint density at radius 3 is 2.89 bits per heavy atom. The van der Waals surface area contributed by atoms with Crippen LogP contribution in [0.15, 0.2) is 4.99 Å². The molecule has 0 radical (unpaired) electrons. The fourth-order valence-electron chi connectivity index (χ4n) is 2.71. The van der Waals surface area contributed by atoms with Gasteiger partial charge in [-0.2, -0.15) is 5.10 Å². The first-order valence-electron chi connectivity index (χ1n) is 8.82. The molecule has 27 heavy (non-hydrogen) atoms. The minimum atomic E-state index is -3.14. The van der Waals surface area contributed by atoms with Gasteiger partial charge in [0.1, 0.15) is 12.4 Å². The molecular formula is C15H30IN7O3S. The summed E-state index contributed by atoms with van der Waals surface area (Å²) in [6, 6.07) is 0.214. The lowest BCUT2D eigenvalue weighted by molar-refractivity contribution is 0.177. The van der Waals surface area contributed by atoms with Crippen molar-refractivity contribution in [2.75, 3.05) is 33.0 Å². The van der Waals surface area contributed by atoms with Gasteiger partial charge in [0.25, 0.3) is 0 Å². The van der Waals surface area contributed by atoms with E-state index in [0.717, 1.165) is 44.0 Å². The first kappa shape index (κ1) is 24.0. The Hall–Kier alpha value is -0.990. The van der Waals surface area contributed by atoms with Crippen LogP contribution in [0, 0.1) is 0 Å². The van der Waals surface area contributed by atoms with Gasteiger partial charge in [-0.25, -0.2) is 22.8 Å². The molecule has 1 aliphatic rings. The van der Waals surface area contributed by atoms with Crippen LogP contribution in [0.25, 0.3) is 0 Å². The van der Waals surface area contributed by atoms with E-state index in [-0.39, 0.29) is 30.0 Å². The van der Waals surface area contributed by atoms with Crippen LogP contribution in [0.3, 0.4) is 0 Å². The summed E-state index contributed by atoms with van der Waals surface area (Å²) in [6.07, 6.45) is 3.60. The number of hydrogen-bond acceptors (Lipinski definition) is 6. The van der Waals surface area contributed by atoms with Crippen LogP contribution in [0.2, 0.25) is 0 Å². The molecule has 1 atom stereocenters. The maximum atomic E-state index is 11.0. The lowest BCUT2D eigenvalue weighted by Gasteiger charge is -2.25.